The van der Waals surface area contributed by atoms with Crippen LogP contribution in [-0.2, 0) is 4.74 Å². The van der Waals surface area contributed by atoms with E-state index in [9.17, 15) is 4.79 Å². The van der Waals surface area contributed by atoms with E-state index in [1.165, 1.54) is 19.3 Å². The molecule has 0 aromatic heterocycles. The molecule has 20 heavy (non-hydrogen) atoms. The zero-order valence-corrected chi connectivity index (χ0v) is 12.2. The summed E-state index contributed by atoms with van der Waals surface area (Å²) < 4.78 is 5.01. The van der Waals surface area contributed by atoms with Gasteiger partial charge in [-0.2, -0.15) is 0 Å². The van der Waals surface area contributed by atoms with Gasteiger partial charge in [-0.15, -0.1) is 0 Å². The maximum atomic E-state index is 12.2. The van der Waals surface area contributed by atoms with Gasteiger partial charge >= 0.3 is 6.03 Å². The van der Waals surface area contributed by atoms with Crippen LogP contribution in [0.2, 0.25) is 0 Å². The normalized spacial score (nSPS) is 16.9. The third-order valence-electron chi connectivity index (χ3n) is 3.55. The number of ether oxygens (including phenoxy) is 1. The van der Waals surface area contributed by atoms with E-state index in [-0.39, 0.29) is 17.9 Å². The molecule has 0 unspecified atom stereocenters. The smallest absolute Gasteiger partial charge is 0.317 e. The van der Waals surface area contributed by atoms with Crippen molar-refractivity contribution < 1.29 is 14.7 Å². The topological polar surface area (TPSA) is 100 Å². The summed E-state index contributed by atoms with van der Waals surface area (Å²) in [5.41, 5.74) is 5.44. The van der Waals surface area contributed by atoms with Crippen molar-refractivity contribution in [2.45, 2.75) is 44.6 Å². The van der Waals surface area contributed by atoms with Crippen molar-refractivity contribution in [3.8, 4) is 0 Å². The van der Waals surface area contributed by atoms with Crippen molar-refractivity contribution in [1.29, 1.82) is 0 Å². The molecule has 2 amide bonds. The van der Waals surface area contributed by atoms with Gasteiger partial charge in [0.1, 0.15) is 5.84 Å². The molecule has 0 aromatic rings. The zero-order chi connectivity index (χ0) is 14.8. The fourth-order valence-electron chi connectivity index (χ4n) is 2.33. The van der Waals surface area contributed by atoms with Crippen LogP contribution in [0.4, 0.5) is 4.79 Å². The van der Waals surface area contributed by atoms with Crippen LogP contribution in [0.15, 0.2) is 5.16 Å². The number of hydrogen-bond acceptors (Lipinski definition) is 4. The number of carbonyl (C=O) groups excluding carboxylic acids is 1. The summed E-state index contributed by atoms with van der Waals surface area (Å²) in [6.45, 7) is 1.37. The van der Waals surface area contributed by atoms with Crippen molar-refractivity contribution in [3.63, 3.8) is 0 Å². The van der Waals surface area contributed by atoms with E-state index in [4.69, 9.17) is 15.7 Å². The number of carbonyl (C=O) groups is 1. The second-order valence-corrected chi connectivity index (χ2v) is 5.11. The van der Waals surface area contributed by atoms with Gasteiger partial charge in [-0.3, -0.25) is 0 Å². The minimum atomic E-state index is -0.0975. The first-order chi connectivity index (χ1) is 9.67. The average molecular weight is 286 g/mol. The van der Waals surface area contributed by atoms with Gasteiger partial charge in [0.15, 0.2) is 0 Å². The number of oxime groups is 1. The Morgan fingerprint density at radius 3 is 2.70 bits per heavy atom. The van der Waals surface area contributed by atoms with Crippen LogP contribution in [0.5, 0.6) is 0 Å². The maximum absolute atomic E-state index is 12.2. The molecule has 1 rings (SSSR count). The van der Waals surface area contributed by atoms with E-state index in [1.807, 2.05) is 0 Å². The van der Waals surface area contributed by atoms with E-state index in [1.54, 1.807) is 12.0 Å². The maximum Gasteiger partial charge on any atom is 0.317 e. The predicted octanol–water partition coefficient (Wildman–Crippen LogP) is 1.11. The lowest BCUT2D eigenvalue weighted by atomic mass is 9.96. The first-order valence-corrected chi connectivity index (χ1v) is 7.18. The lowest BCUT2D eigenvalue weighted by molar-refractivity contribution is 0.147. The second kappa shape index (κ2) is 9.41. The van der Waals surface area contributed by atoms with Crippen molar-refractivity contribution >= 4 is 11.9 Å². The Morgan fingerprint density at radius 2 is 2.10 bits per heavy atom. The molecule has 0 atom stereocenters. The van der Waals surface area contributed by atoms with Gasteiger partial charge in [-0.1, -0.05) is 24.4 Å². The minimum Gasteiger partial charge on any atom is -0.409 e. The molecular weight excluding hydrogens is 260 g/mol. The summed E-state index contributed by atoms with van der Waals surface area (Å²) in [4.78, 5) is 13.9. The summed E-state index contributed by atoms with van der Waals surface area (Å²) in [5.74, 6) is 0.123. The Morgan fingerprint density at radius 1 is 1.40 bits per heavy atom. The lowest BCUT2D eigenvalue weighted by Gasteiger charge is -2.28. The Labute approximate surface area is 120 Å². The number of nitrogens with one attached hydrogen (secondary N) is 1. The van der Waals surface area contributed by atoms with E-state index in [2.05, 4.69) is 10.5 Å². The van der Waals surface area contributed by atoms with Gasteiger partial charge in [0.2, 0.25) is 0 Å². The van der Waals surface area contributed by atoms with Crippen LogP contribution >= 0.6 is 0 Å². The summed E-state index contributed by atoms with van der Waals surface area (Å²) in [6.07, 6.45) is 6.04. The van der Waals surface area contributed by atoms with Crippen LogP contribution in [0.3, 0.4) is 0 Å². The molecule has 1 aliphatic carbocycles. The van der Waals surface area contributed by atoms with Gasteiger partial charge in [0, 0.05) is 32.7 Å². The number of hydrogen-bond donors (Lipinski definition) is 3. The van der Waals surface area contributed by atoms with Crippen molar-refractivity contribution in [1.82, 2.24) is 10.2 Å². The molecule has 0 aliphatic heterocycles. The predicted molar refractivity (Wildman–Crippen MR) is 76.9 cm³/mol. The first-order valence-electron chi connectivity index (χ1n) is 7.18. The molecule has 0 aromatic carbocycles. The molecule has 4 N–H and O–H groups in total. The number of nitrogens with two attached hydrogens (primary N) is 1. The molecule has 0 saturated heterocycles. The second-order valence-electron chi connectivity index (χ2n) is 5.11. The molecule has 1 aliphatic rings. The Hall–Kier alpha value is -1.50. The summed E-state index contributed by atoms with van der Waals surface area (Å²) in [7, 11) is 1.60. The Kier molecular flexibility index (Phi) is 7.79. The largest absolute Gasteiger partial charge is 0.409 e. The summed E-state index contributed by atoms with van der Waals surface area (Å²) in [5, 5.41) is 14.5. The lowest BCUT2D eigenvalue weighted by Crippen LogP contribution is -2.47. The molecular formula is C13H26N4O3. The number of amidine groups is 1. The number of nitrogens with zero attached hydrogens (tertiary/aromatic N) is 2. The van der Waals surface area contributed by atoms with E-state index in [0.29, 0.717) is 26.1 Å². The molecule has 7 heteroatoms. The van der Waals surface area contributed by atoms with Crippen LogP contribution in [-0.4, -0.2) is 54.8 Å². The number of amides is 2. The molecule has 0 spiro atoms. The number of urea groups is 1. The Bertz CT molecular complexity index is 317. The van der Waals surface area contributed by atoms with Gasteiger partial charge in [0.25, 0.3) is 0 Å². The van der Waals surface area contributed by atoms with Crippen molar-refractivity contribution in [2.75, 3.05) is 26.8 Å². The number of rotatable bonds is 7. The molecule has 1 fully saturated rings. The van der Waals surface area contributed by atoms with Crippen molar-refractivity contribution in [3.05, 3.63) is 0 Å². The van der Waals surface area contributed by atoms with Gasteiger partial charge in [0.05, 0.1) is 6.61 Å². The standard InChI is InChI=1S/C13H26N4O3/c1-20-10-9-17(8-7-12(14)16-19)13(18)15-11-5-3-2-4-6-11/h11,19H,2-10H2,1H3,(H2,14,16)(H,15,18). The summed E-state index contributed by atoms with van der Waals surface area (Å²) >= 11 is 0. The minimum absolute atomic E-state index is 0.0975. The van der Waals surface area contributed by atoms with Gasteiger partial charge in [-0.25, -0.2) is 4.79 Å². The number of methoxy groups -OCH3 is 1. The van der Waals surface area contributed by atoms with Crippen LogP contribution in [0, 0.1) is 0 Å². The Balaban J connectivity index is 2.44. The van der Waals surface area contributed by atoms with Crippen LogP contribution < -0.4 is 11.1 Å². The third-order valence-corrected chi connectivity index (χ3v) is 3.55. The fraction of sp³-hybridized carbons (Fsp3) is 0.846. The zero-order valence-electron chi connectivity index (χ0n) is 12.2. The molecule has 0 bridgehead atoms. The fourth-order valence-corrected chi connectivity index (χ4v) is 2.33. The quantitative estimate of drug-likeness (QED) is 0.282. The van der Waals surface area contributed by atoms with E-state index >= 15 is 0 Å². The highest BCUT2D eigenvalue weighted by atomic mass is 16.5. The monoisotopic (exact) mass is 286 g/mol. The van der Waals surface area contributed by atoms with Crippen molar-refractivity contribution in [2.24, 2.45) is 10.9 Å². The highest BCUT2D eigenvalue weighted by Crippen LogP contribution is 2.17. The summed E-state index contributed by atoms with van der Waals surface area (Å²) in [6, 6.07) is 0.171. The highest BCUT2D eigenvalue weighted by Gasteiger charge is 2.19. The molecule has 7 nitrogen and oxygen atoms in total. The van der Waals surface area contributed by atoms with E-state index in [0.717, 1.165) is 12.8 Å². The molecule has 0 heterocycles. The van der Waals surface area contributed by atoms with E-state index < -0.39 is 0 Å². The average Bonchev–Trinajstić information content (AvgIpc) is 2.47. The first kappa shape index (κ1) is 16.6. The molecule has 116 valence electrons. The van der Waals surface area contributed by atoms with Crippen LogP contribution in [0.25, 0.3) is 0 Å². The van der Waals surface area contributed by atoms with Gasteiger partial charge in [-0.05, 0) is 12.8 Å². The SMILES string of the molecule is COCCN(CCC(N)=NO)C(=O)NC1CCCCC1. The molecule has 0 radical (unpaired) electrons. The van der Waals surface area contributed by atoms with Gasteiger partial charge < -0.3 is 25.9 Å². The third kappa shape index (κ3) is 6.10. The highest BCUT2D eigenvalue weighted by molar-refractivity contribution is 5.81. The molecule has 1 saturated carbocycles. The van der Waals surface area contributed by atoms with Crippen LogP contribution in [0.1, 0.15) is 38.5 Å².